The van der Waals surface area contributed by atoms with Gasteiger partial charge in [0.1, 0.15) is 5.84 Å². The molecule has 0 unspecified atom stereocenters. The van der Waals surface area contributed by atoms with Crippen LogP contribution in [0.1, 0.15) is 18.4 Å². The highest BCUT2D eigenvalue weighted by atomic mass is 16.5. The van der Waals surface area contributed by atoms with E-state index in [1.165, 1.54) is 0 Å². The number of nitrogens with zero attached hydrogens (tertiary/aromatic N) is 2. The quantitative estimate of drug-likeness (QED) is 0.894. The first kappa shape index (κ1) is 13.2. The maximum Gasteiger partial charge on any atom is 0.203 e. The van der Waals surface area contributed by atoms with Gasteiger partial charge in [-0.15, -0.1) is 5.10 Å². The highest BCUT2D eigenvalue weighted by molar-refractivity contribution is 6.06. The van der Waals surface area contributed by atoms with Gasteiger partial charge in [0.05, 0.1) is 27.0 Å². The van der Waals surface area contributed by atoms with Gasteiger partial charge in [-0.1, -0.05) is 0 Å². The Bertz CT molecular complexity index is 538. The van der Waals surface area contributed by atoms with Crippen molar-refractivity contribution in [3.8, 4) is 17.2 Å². The van der Waals surface area contributed by atoms with Gasteiger partial charge in [0.25, 0.3) is 0 Å². The van der Waals surface area contributed by atoms with E-state index in [2.05, 4.69) is 10.2 Å². The number of amidine groups is 1. The van der Waals surface area contributed by atoms with Crippen molar-refractivity contribution in [2.75, 3.05) is 21.3 Å². The average molecular weight is 263 g/mol. The van der Waals surface area contributed by atoms with E-state index < -0.39 is 0 Å². The average Bonchev–Trinajstić information content (AvgIpc) is 2.46. The van der Waals surface area contributed by atoms with Crippen LogP contribution < -0.4 is 19.9 Å². The summed E-state index contributed by atoms with van der Waals surface area (Å²) in [6, 6.07) is 3.71. The van der Waals surface area contributed by atoms with E-state index in [0.717, 1.165) is 17.7 Å². The predicted molar refractivity (Wildman–Crippen MR) is 73.5 cm³/mol. The molecule has 6 nitrogen and oxygen atoms in total. The molecule has 0 saturated heterocycles. The van der Waals surface area contributed by atoms with E-state index in [0.29, 0.717) is 29.5 Å². The van der Waals surface area contributed by atoms with E-state index >= 15 is 0 Å². The molecule has 0 fully saturated rings. The molecule has 0 spiro atoms. The van der Waals surface area contributed by atoms with Crippen LogP contribution in [0, 0.1) is 0 Å². The standard InChI is InChI=1S/C13H17N3O3/c1-17-10-6-4-8(12(18-2)13(10)19-3)9-5-7-11(14)16-15-9/h4,6H,5,7H2,1-3H3,(H2,14,16). The maximum atomic E-state index is 5.61. The molecule has 1 aliphatic rings. The molecule has 102 valence electrons. The second-order valence-electron chi connectivity index (χ2n) is 4.02. The van der Waals surface area contributed by atoms with Crippen molar-refractivity contribution in [2.45, 2.75) is 12.8 Å². The first-order valence-electron chi connectivity index (χ1n) is 5.89. The summed E-state index contributed by atoms with van der Waals surface area (Å²) in [5.74, 6) is 2.30. The van der Waals surface area contributed by atoms with Crippen molar-refractivity contribution in [1.82, 2.24) is 0 Å². The van der Waals surface area contributed by atoms with Crippen LogP contribution in [0.2, 0.25) is 0 Å². The first-order valence-corrected chi connectivity index (χ1v) is 5.89. The molecular formula is C13H17N3O3. The number of methoxy groups -OCH3 is 3. The molecule has 6 heteroatoms. The monoisotopic (exact) mass is 263 g/mol. The van der Waals surface area contributed by atoms with Gasteiger partial charge in [-0.2, -0.15) is 5.10 Å². The largest absolute Gasteiger partial charge is 0.493 e. The van der Waals surface area contributed by atoms with Gasteiger partial charge in [0.2, 0.25) is 5.75 Å². The SMILES string of the molecule is COc1ccc(C2=NN=C(N)CC2)c(OC)c1OC. The molecule has 19 heavy (non-hydrogen) atoms. The summed E-state index contributed by atoms with van der Waals surface area (Å²) < 4.78 is 16.0. The van der Waals surface area contributed by atoms with E-state index in [4.69, 9.17) is 19.9 Å². The van der Waals surface area contributed by atoms with E-state index in [1.807, 2.05) is 12.1 Å². The van der Waals surface area contributed by atoms with Gasteiger partial charge in [0, 0.05) is 12.0 Å². The van der Waals surface area contributed by atoms with Gasteiger partial charge < -0.3 is 19.9 Å². The Balaban J connectivity index is 2.52. The second kappa shape index (κ2) is 5.60. The van der Waals surface area contributed by atoms with E-state index in [9.17, 15) is 0 Å². The van der Waals surface area contributed by atoms with Gasteiger partial charge in [0.15, 0.2) is 11.5 Å². The number of hydrogen-bond donors (Lipinski definition) is 1. The molecule has 0 amide bonds. The van der Waals surface area contributed by atoms with Crippen molar-refractivity contribution < 1.29 is 14.2 Å². The van der Waals surface area contributed by atoms with E-state index in [-0.39, 0.29) is 0 Å². The Hall–Kier alpha value is -2.24. The highest BCUT2D eigenvalue weighted by Crippen LogP contribution is 2.40. The molecular weight excluding hydrogens is 246 g/mol. The Labute approximate surface area is 111 Å². The number of ether oxygens (including phenoxy) is 3. The van der Waals surface area contributed by atoms with E-state index in [1.54, 1.807) is 21.3 Å². The zero-order valence-corrected chi connectivity index (χ0v) is 11.3. The molecule has 0 bridgehead atoms. The van der Waals surface area contributed by atoms with Crippen molar-refractivity contribution in [2.24, 2.45) is 15.9 Å². The number of hydrogen-bond acceptors (Lipinski definition) is 6. The third-order valence-electron chi connectivity index (χ3n) is 2.93. The minimum Gasteiger partial charge on any atom is -0.493 e. The Morgan fingerprint density at radius 1 is 0.947 bits per heavy atom. The second-order valence-corrected chi connectivity index (χ2v) is 4.02. The van der Waals surface area contributed by atoms with Gasteiger partial charge >= 0.3 is 0 Å². The van der Waals surface area contributed by atoms with Crippen molar-refractivity contribution in [3.05, 3.63) is 17.7 Å². The van der Waals surface area contributed by atoms with Crippen molar-refractivity contribution >= 4 is 11.5 Å². The molecule has 0 aliphatic carbocycles. The minimum absolute atomic E-state index is 0.545. The molecule has 1 heterocycles. The Morgan fingerprint density at radius 2 is 1.68 bits per heavy atom. The molecule has 0 radical (unpaired) electrons. The lowest BCUT2D eigenvalue weighted by Gasteiger charge is -2.17. The zero-order chi connectivity index (χ0) is 13.8. The van der Waals surface area contributed by atoms with Crippen molar-refractivity contribution in [3.63, 3.8) is 0 Å². The summed E-state index contributed by atoms with van der Waals surface area (Å²) in [6.45, 7) is 0. The fraction of sp³-hybridized carbons (Fsp3) is 0.385. The topological polar surface area (TPSA) is 78.4 Å². The third kappa shape index (κ3) is 2.47. The maximum absolute atomic E-state index is 5.61. The number of rotatable bonds is 4. The lowest BCUT2D eigenvalue weighted by Crippen LogP contribution is -2.18. The molecule has 0 atom stereocenters. The van der Waals surface area contributed by atoms with Gasteiger partial charge in [-0.3, -0.25) is 0 Å². The van der Waals surface area contributed by atoms with Crippen LogP contribution in [0.4, 0.5) is 0 Å². The smallest absolute Gasteiger partial charge is 0.203 e. The minimum atomic E-state index is 0.545. The molecule has 2 N–H and O–H groups in total. The zero-order valence-electron chi connectivity index (χ0n) is 11.3. The van der Waals surface area contributed by atoms with Crippen LogP contribution in [0.3, 0.4) is 0 Å². The summed E-state index contributed by atoms with van der Waals surface area (Å²) in [6.07, 6.45) is 1.41. The molecule has 1 aromatic carbocycles. The van der Waals surface area contributed by atoms with Crippen LogP contribution >= 0.6 is 0 Å². The number of benzene rings is 1. The lowest BCUT2D eigenvalue weighted by molar-refractivity contribution is 0.324. The molecule has 1 aliphatic heterocycles. The summed E-state index contributed by atoms with van der Waals surface area (Å²) in [5.41, 5.74) is 7.28. The summed E-state index contributed by atoms with van der Waals surface area (Å²) in [5, 5.41) is 8.04. The lowest BCUT2D eigenvalue weighted by atomic mass is 10.0. The van der Waals surface area contributed by atoms with Crippen LogP contribution in [0.15, 0.2) is 22.3 Å². The normalized spacial score (nSPS) is 14.5. The summed E-state index contributed by atoms with van der Waals surface area (Å²) in [7, 11) is 4.74. The Morgan fingerprint density at radius 3 is 2.21 bits per heavy atom. The molecule has 1 aromatic rings. The Kier molecular flexibility index (Phi) is 3.89. The summed E-state index contributed by atoms with van der Waals surface area (Å²) >= 11 is 0. The van der Waals surface area contributed by atoms with Crippen LogP contribution in [-0.2, 0) is 0 Å². The molecule has 0 saturated carbocycles. The fourth-order valence-electron chi connectivity index (χ4n) is 1.99. The first-order chi connectivity index (χ1) is 9.21. The van der Waals surface area contributed by atoms with Gasteiger partial charge in [-0.05, 0) is 18.6 Å². The predicted octanol–water partition coefficient (Wildman–Crippen LogP) is 1.57. The van der Waals surface area contributed by atoms with Crippen LogP contribution in [0.25, 0.3) is 0 Å². The van der Waals surface area contributed by atoms with Crippen molar-refractivity contribution in [1.29, 1.82) is 0 Å². The van der Waals surface area contributed by atoms with Gasteiger partial charge in [-0.25, -0.2) is 0 Å². The molecule has 0 aromatic heterocycles. The summed E-state index contributed by atoms with van der Waals surface area (Å²) in [4.78, 5) is 0. The molecule has 2 rings (SSSR count). The highest BCUT2D eigenvalue weighted by Gasteiger charge is 2.20. The van der Waals surface area contributed by atoms with Crippen LogP contribution in [-0.4, -0.2) is 32.9 Å². The number of nitrogens with two attached hydrogens (primary N) is 1. The fourth-order valence-corrected chi connectivity index (χ4v) is 1.99. The third-order valence-corrected chi connectivity index (χ3v) is 2.93. The van der Waals surface area contributed by atoms with Crippen LogP contribution in [0.5, 0.6) is 17.2 Å².